The molecule has 0 unspecified atom stereocenters. The minimum absolute atomic E-state index is 0.155. The summed E-state index contributed by atoms with van der Waals surface area (Å²) in [5.41, 5.74) is 0.594. The van der Waals surface area contributed by atoms with Crippen molar-refractivity contribution in [2.45, 2.75) is 19.3 Å². The van der Waals surface area contributed by atoms with Crippen molar-refractivity contribution in [3.05, 3.63) is 30.1 Å². The summed E-state index contributed by atoms with van der Waals surface area (Å²) in [6.07, 6.45) is 4.82. The molecule has 7 nitrogen and oxygen atoms in total. The van der Waals surface area contributed by atoms with Gasteiger partial charge in [0.1, 0.15) is 5.69 Å². The molecule has 1 aliphatic rings. The van der Waals surface area contributed by atoms with Gasteiger partial charge in [0.2, 0.25) is 0 Å². The smallest absolute Gasteiger partial charge is 0.414 e. The van der Waals surface area contributed by atoms with Crippen molar-refractivity contribution in [1.29, 1.82) is 0 Å². The Balaban J connectivity index is 0.000000315. The minimum atomic E-state index is -1.82. The van der Waals surface area contributed by atoms with Crippen molar-refractivity contribution < 1.29 is 24.6 Å². The fourth-order valence-corrected chi connectivity index (χ4v) is 1.92. The summed E-state index contributed by atoms with van der Waals surface area (Å²) in [6.45, 7) is 3.18. The zero-order chi connectivity index (χ0) is 15.7. The van der Waals surface area contributed by atoms with Crippen LogP contribution in [0.4, 0.5) is 0 Å². The number of aliphatic carboxylic acids is 2. The van der Waals surface area contributed by atoms with Crippen molar-refractivity contribution in [2.24, 2.45) is 0 Å². The number of Topliss-reactive ketones (excluding diaryl/α,β-unsaturated/α-hetero) is 1. The first-order valence-corrected chi connectivity index (χ1v) is 6.63. The van der Waals surface area contributed by atoms with Crippen LogP contribution in [0.2, 0.25) is 0 Å². The maximum atomic E-state index is 11.7. The summed E-state index contributed by atoms with van der Waals surface area (Å²) in [5.74, 6) is -3.49. The lowest BCUT2D eigenvalue weighted by atomic mass is 10.2. The predicted octanol–water partition coefficient (Wildman–Crippen LogP) is 0.906. The standard InChI is InChI=1S/C12H16N2O.C2H2O4/c15-12(11-5-1-2-7-13-11)6-10-14-8-3-4-9-14;3-1(4)2(5)6/h1-2,5,7H,3-4,6,8-10H2;(H,3,4)(H,5,6). The first-order valence-electron chi connectivity index (χ1n) is 6.63. The average molecular weight is 294 g/mol. The SMILES string of the molecule is O=C(CCN1CCCC1)c1ccccn1.O=C(O)C(=O)O. The molecule has 1 aromatic heterocycles. The first-order chi connectivity index (χ1) is 10.0. The number of carboxylic acid groups (broad SMARTS) is 2. The lowest BCUT2D eigenvalue weighted by Gasteiger charge is -2.12. The number of carboxylic acids is 2. The number of likely N-dealkylation sites (tertiary alicyclic amines) is 1. The summed E-state index contributed by atoms with van der Waals surface area (Å²) < 4.78 is 0. The number of carbonyl (C=O) groups is 3. The number of ketones is 1. The Labute approximate surface area is 122 Å². The molecule has 0 aromatic carbocycles. The lowest BCUT2D eigenvalue weighted by Crippen LogP contribution is -2.22. The molecule has 21 heavy (non-hydrogen) atoms. The van der Waals surface area contributed by atoms with E-state index in [9.17, 15) is 4.79 Å². The third kappa shape index (κ3) is 6.62. The maximum Gasteiger partial charge on any atom is 0.414 e. The normalized spacial score (nSPS) is 14.1. The summed E-state index contributed by atoms with van der Waals surface area (Å²) in [5, 5.41) is 14.8. The second kappa shape index (κ2) is 8.80. The Hall–Kier alpha value is -2.28. The van der Waals surface area contributed by atoms with Gasteiger partial charge >= 0.3 is 11.9 Å². The Morgan fingerprint density at radius 1 is 1.10 bits per heavy atom. The quantitative estimate of drug-likeness (QED) is 0.627. The zero-order valence-electron chi connectivity index (χ0n) is 11.6. The molecule has 0 aliphatic carbocycles. The van der Waals surface area contributed by atoms with Gasteiger partial charge in [-0.25, -0.2) is 9.59 Å². The molecule has 2 rings (SSSR count). The molecule has 0 spiro atoms. The molecule has 7 heteroatoms. The second-order valence-corrected chi connectivity index (χ2v) is 4.55. The number of hydrogen-bond acceptors (Lipinski definition) is 5. The predicted molar refractivity (Wildman–Crippen MR) is 74.1 cm³/mol. The number of carbonyl (C=O) groups excluding carboxylic acids is 1. The van der Waals surface area contributed by atoms with Crippen LogP contribution in [0, 0.1) is 0 Å². The highest BCUT2D eigenvalue weighted by atomic mass is 16.4. The molecule has 0 amide bonds. The van der Waals surface area contributed by atoms with E-state index in [4.69, 9.17) is 19.8 Å². The fourth-order valence-electron chi connectivity index (χ4n) is 1.92. The Kier molecular flexibility index (Phi) is 7.03. The molecule has 0 radical (unpaired) electrons. The maximum absolute atomic E-state index is 11.7. The molecule has 2 heterocycles. The number of nitrogens with zero attached hydrogens (tertiary/aromatic N) is 2. The molecular formula is C14H18N2O5. The number of pyridine rings is 1. The van der Waals surface area contributed by atoms with Gasteiger partial charge in [0, 0.05) is 19.2 Å². The molecule has 0 saturated carbocycles. The van der Waals surface area contributed by atoms with Crippen LogP contribution in [0.25, 0.3) is 0 Å². The van der Waals surface area contributed by atoms with E-state index in [1.807, 2.05) is 12.1 Å². The van der Waals surface area contributed by atoms with E-state index < -0.39 is 11.9 Å². The van der Waals surface area contributed by atoms with Gasteiger partial charge in [-0.15, -0.1) is 0 Å². The average Bonchev–Trinajstić information content (AvgIpc) is 2.99. The van der Waals surface area contributed by atoms with Gasteiger partial charge in [0.15, 0.2) is 5.78 Å². The highest BCUT2D eigenvalue weighted by molar-refractivity contribution is 6.27. The third-order valence-electron chi connectivity index (χ3n) is 2.99. The summed E-state index contributed by atoms with van der Waals surface area (Å²) >= 11 is 0. The molecule has 114 valence electrons. The van der Waals surface area contributed by atoms with E-state index >= 15 is 0 Å². The second-order valence-electron chi connectivity index (χ2n) is 4.55. The topological polar surface area (TPSA) is 108 Å². The Morgan fingerprint density at radius 2 is 1.71 bits per heavy atom. The van der Waals surface area contributed by atoms with Crippen LogP contribution in [-0.4, -0.2) is 57.5 Å². The van der Waals surface area contributed by atoms with E-state index in [2.05, 4.69) is 9.88 Å². The summed E-state index contributed by atoms with van der Waals surface area (Å²) in [6, 6.07) is 5.47. The molecule has 2 N–H and O–H groups in total. The van der Waals surface area contributed by atoms with Crippen LogP contribution in [-0.2, 0) is 9.59 Å². The van der Waals surface area contributed by atoms with E-state index in [-0.39, 0.29) is 5.78 Å². The number of rotatable bonds is 4. The molecular weight excluding hydrogens is 276 g/mol. The molecule has 1 saturated heterocycles. The van der Waals surface area contributed by atoms with Crippen LogP contribution in [0.1, 0.15) is 29.8 Å². The molecule has 0 bridgehead atoms. The first kappa shape index (κ1) is 16.8. The van der Waals surface area contributed by atoms with Gasteiger partial charge < -0.3 is 15.1 Å². The molecule has 1 aromatic rings. The van der Waals surface area contributed by atoms with E-state index in [1.165, 1.54) is 12.8 Å². The zero-order valence-corrected chi connectivity index (χ0v) is 11.6. The van der Waals surface area contributed by atoms with Gasteiger partial charge in [0.25, 0.3) is 0 Å². The van der Waals surface area contributed by atoms with Gasteiger partial charge in [-0.3, -0.25) is 9.78 Å². The highest BCUT2D eigenvalue weighted by Crippen LogP contribution is 2.08. The number of aromatic nitrogens is 1. The summed E-state index contributed by atoms with van der Waals surface area (Å²) in [4.78, 5) is 36.3. The van der Waals surface area contributed by atoms with Gasteiger partial charge in [0.05, 0.1) is 0 Å². The molecule has 0 atom stereocenters. The van der Waals surface area contributed by atoms with Crippen molar-refractivity contribution >= 4 is 17.7 Å². The van der Waals surface area contributed by atoms with Crippen molar-refractivity contribution in [3.63, 3.8) is 0 Å². The van der Waals surface area contributed by atoms with E-state index in [0.29, 0.717) is 12.1 Å². The molecule has 1 fully saturated rings. The highest BCUT2D eigenvalue weighted by Gasteiger charge is 2.13. The van der Waals surface area contributed by atoms with E-state index in [0.717, 1.165) is 19.6 Å². The lowest BCUT2D eigenvalue weighted by molar-refractivity contribution is -0.159. The minimum Gasteiger partial charge on any atom is -0.473 e. The summed E-state index contributed by atoms with van der Waals surface area (Å²) in [7, 11) is 0. The van der Waals surface area contributed by atoms with Gasteiger partial charge in [-0.2, -0.15) is 0 Å². The van der Waals surface area contributed by atoms with Gasteiger partial charge in [-0.1, -0.05) is 6.07 Å². The largest absolute Gasteiger partial charge is 0.473 e. The Bertz CT molecular complexity index is 471. The third-order valence-corrected chi connectivity index (χ3v) is 2.99. The van der Waals surface area contributed by atoms with Crippen LogP contribution in [0.5, 0.6) is 0 Å². The van der Waals surface area contributed by atoms with Crippen LogP contribution < -0.4 is 0 Å². The molecule has 1 aliphatic heterocycles. The van der Waals surface area contributed by atoms with Crippen LogP contribution in [0.3, 0.4) is 0 Å². The van der Waals surface area contributed by atoms with Crippen LogP contribution in [0.15, 0.2) is 24.4 Å². The van der Waals surface area contributed by atoms with Crippen molar-refractivity contribution in [2.75, 3.05) is 19.6 Å². The van der Waals surface area contributed by atoms with Gasteiger partial charge in [-0.05, 0) is 38.1 Å². The van der Waals surface area contributed by atoms with Crippen LogP contribution >= 0.6 is 0 Å². The Morgan fingerprint density at radius 3 is 2.19 bits per heavy atom. The monoisotopic (exact) mass is 294 g/mol. The van der Waals surface area contributed by atoms with E-state index in [1.54, 1.807) is 12.3 Å². The van der Waals surface area contributed by atoms with Crippen molar-refractivity contribution in [1.82, 2.24) is 9.88 Å². The number of hydrogen-bond donors (Lipinski definition) is 2. The fraction of sp³-hybridized carbons (Fsp3) is 0.429. The van der Waals surface area contributed by atoms with Crippen molar-refractivity contribution in [3.8, 4) is 0 Å².